The molecule has 0 saturated heterocycles. The zero-order valence-corrected chi connectivity index (χ0v) is 11.4. The molecular formula is C11H20N6O2. The van der Waals surface area contributed by atoms with Gasteiger partial charge in [-0.3, -0.25) is 4.79 Å². The van der Waals surface area contributed by atoms with Crippen LogP contribution in [-0.4, -0.2) is 48.0 Å². The average molecular weight is 268 g/mol. The molecule has 0 saturated carbocycles. The normalized spacial score (nSPS) is 10.1. The Kier molecular flexibility index (Phi) is 5.97. The van der Waals surface area contributed by atoms with Gasteiger partial charge in [0.05, 0.1) is 6.54 Å². The maximum atomic E-state index is 11.5. The monoisotopic (exact) mass is 268 g/mol. The molecule has 1 aromatic rings. The van der Waals surface area contributed by atoms with E-state index in [0.29, 0.717) is 30.7 Å². The van der Waals surface area contributed by atoms with Gasteiger partial charge in [0.2, 0.25) is 5.91 Å². The summed E-state index contributed by atoms with van der Waals surface area (Å²) in [5, 5.41) is 2.92. The van der Waals surface area contributed by atoms with Crippen molar-refractivity contribution in [3.05, 3.63) is 11.9 Å². The quantitative estimate of drug-likeness (QED) is 0.464. The number of carbonyl (C=O) groups excluding carboxylic acids is 1. The van der Waals surface area contributed by atoms with Crippen LogP contribution in [0.3, 0.4) is 0 Å². The summed E-state index contributed by atoms with van der Waals surface area (Å²) in [5.74, 6) is 6.77. The first-order valence-corrected chi connectivity index (χ1v) is 5.93. The standard InChI is InChI=1S/C11H20N6O2/c1-4-19-7-10-14-8(5-9(15-10)16-12)13-6-11(18)17(2)3/h5H,4,6-7,12H2,1-3H3,(H2,13,14,15,16). The lowest BCUT2D eigenvalue weighted by molar-refractivity contribution is -0.126. The van der Waals surface area contributed by atoms with Crippen LogP contribution in [0.5, 0.6) is 0 Å². The number of likely N-dealkylation sites (N-methyl/N-ethyl adjacent to an activating group) is 1. The lowest BCUT2D eigenvalue weighted by Crippen LogP contribution is -2.29. The van der Waals surface area contributed by atoms with Crippen molar-refractivity contribution in [3.8, 4) is 0 Å². The molecule has 0 bridgehead atoms. The highest BCUT2D eigenvalue weighted by molar-refractivity contribution is 5.80. The molecule has 0 aliphatic heterocycles. The van der Waals surface area contributed by atoms with Crippen LogP contribution in [-0.2, 0) is 16.1 Å². The number of amides is 1. The minimum atomic E-state index is -0.0489. The van der Waals surface area contributed by atoms with Crippen molar-refractivity contribution in [1.29, 1.82) is 0 Å². The summed E-state index contributed by atoms with van der Waals surface area (Å²) in [6, 6.07) is 1.62. The van der Waals surface area contributed by atoms with Crippen molar-refractivity contribution in [3.63, 3.8) is 0 Å². The van der Waals surface area contributed by atoms with E-state index in [1.807, 2.05) is 6.92 Å². The Morgan fingerprint density at radius 3 is 2.68 bits per heavy atom. The molecule has 0 aromatic carbocycles. The van der Waals surface area contributed by atoms with Gasteiger partial charge in [0.25, 0.3) is 0 Å². The van der Waals surface area contributed by atoms with E-state index in [4.69, 9.17) is 10.6 Å². The molecule has 106 valence electrons. The van der Waals surface area contributed by atoms with Crippen LogP contribution in [0, 0.1) is 0 Å². The van der Waals surface area contributed by atoms with Crippen molar-refractivity contribution in [1.82, 2.24) is 14.9 Å². The molecular weight excluding hydrogens is 248 g/mol. The number of ether oxygens (including phenoxy) is 1. The molecule has 8 nitrogen and oxygen atoms in total. The minimum Gasteiger partial charge on any atom is -0.374 e. The van der Waals surface area contributed by atoms with E-state index in [-0.39, 0.29) is 12.5 Å². The zero-order valence-electron chi connectivity index (χ0n) is 11.4. The van der Waals surface area contributed by atoms with Gasteiger partial charge >= 0.3 is 0 Å². The number of nitrogens with two attached hydrogens (primary N) is 1. The summed E-state index contributed by atoms with van der Waals surface area (Å²) in [5.41, 5.74) is 2.45. The number of hydrogen-bond donors (Lipinski definition) is 3. The first-order valence-electron chi connectivity index (χ1n) is 5.93. The molecule has 1 amide bonds. The summed E-state index contributed by atoms with van der Waals surface area (Å²) < 4.78 is 5.24. The zero-order chi connectivity index (χ0) is 14.3. The van der Waals surface area contributed by atoms with Crippen molar-refractivity contribution in [2.75, 3.05) is 38.0 Å². The van der Waals surface area contributed by atoms with E-state index in [0.717, 1.165) is 0 Å². The number of anilines is 2. The Morgan fingerprint density at radius 2 is 2.11 bits per heavy atom. The molecule has 1 heterocycles. The molecule has 4 N–H and O–H groups in total. The predicted octanol–water partition coefficient (Wildman–Crippen LogP) is -0.201. The fourth-order valence-corrected chi connectivity index (χ4v) is 1.24. The van der Waals surface area contributed by atoms with Gasteiger partial charge < -0.3 is 20.4 Å². The van der Waals surface area contributed by atoms with Gasteiger partial charge in [0.15, 0.2) is 5.82 Å². The smallest absolute Gasteiger partial charge is 0.241 e. The van der Waals surface area contributed by atoms with Gasteiger partial charge in [-0.05, 0) is 6.92 Å². The number of rotatable bonds is 7. The summed E-state index contributed by atoms with van der Waals surface area (Å²) in [7, 11) is 3.38. The summed E-state index contributed by atoms with van der Waals surface area (Å²) in [6.07, 6.45) is 0. The Balaban J connectivity index is 2.73. The second-order valence-corrected chi connectivity index (χ2v) is 3.98. The maximum Gasteiger partial charge on any atom is 0.241 e. The van der Waals surface area contributed by atoms with E-state index in [9.17, 15) is 4.79 Å². The van der Waals surface area contributed by atoms with Crippen LogP contribution < -0.4 is 16.6 Å². The largest absolute Gasteiger partial charge is 0.374 e. The molecule has 0 unspecified atom stereocenters. The van der Waals surface area contributed by atoms with Gasteiger partial charge in [-0.25, -0.2) is 15.8 Å². The molecule has 1 rings (SSSR count). The number of nitrogens with zero attached hydrogens (tertiary/aromatic N) is 3. The summed E-state index contributed by atoms with van der Waals surface area (Å²) >= 11 is 0. The van der Waals surface area contributed by atoms with Crippen LogP contribution in [0.4, 0.5) is 11.6 Å². The van der Waals surface area contributed by atoms with Crippen LogP contribution >= 0.6 is 0 Å². The molecule has 0 radical (unpaired) electrons. The van der Waals surface area contributed by atoms with Crippen molar-refractivity contribution < 1.29 is 9.53 Å². The van der Waals surface area contributed by atoms with Gasteiger partial charge in [-0.15, -0.1) is 0 Å². The highest BCUT2D eigenvalue weighted by Gasteiger charge is 2.07. The topological polar surface area (TPSA) is 105 Å². The highest BCUT2D eigenvalue weighted by Crippen LogP contribution is 2.10. The Bertz CT molecular complexity index is 424. The van der Waals surface area contributed by atoms with Gasteiger partial charge in [-0.2, -0.15) is 0 Å². The lowest BCUT2D eigenvalue weighted by atomic mass is 10.4. The lowest BCUT2D eigenvalue weighted by Gasteiger charge is -2.12. The van der Waals surface area contributed by atoms with Gasteiger partial charge in [-0.1, -0.05) is 0 Å². The first-order chi connectivity index (χ1) is 9.06. The molecule has 0 aliphatic carbocycles. The van der Waals surface area contributed by atoms with Crippen molar-refractivity contribution in [2.24, 2.45) is 5.84 Å². The van der Waals surface area contributed by atoms with Crippen LogP contribution in [0.15, 0.2) is 6.07 Å². The number of carbonyl (C=O) groups is 1. The van der Waals surface area contributed by atoms with Crippen LogP contribution in [0.25, 0.3) is 0 Å². The second kappa shape index (κ2) is 7.49. The van der Waals surface area contributed by atoms with E-state index < -0.39 is 0 Å². The third-order valence-electron chi connectivity index (χ3n) is 2.28. The Labute approximate surface area is 112 Å². The summed E-state index contributed by atoms with van der Waals surface area (Å²) in [6.45, 7) is 2.91. The SMILES string of the molecule is CCOCc1nc(NN)cc(NCC(=O)N(C)C)n1. The fourth-order valence-electron chi connectivity index (χ4n) is 1.24. The molecule has 0 atom stereocenters. The van der Waals surface area contributed by atoms with Crippen LogP contribution in [0.2, 0.25) is 0 Å². The molecule has 19 heavy (non-hydrogen) atoms. The van der Waals surface area contributed by atoms with Gasteiger partial charge in [0, 0.05) is 26.8 Å². The van der Waals surface area contributed by atoms with Gasteiger partial charge in [0.1, 0.15) is 18.2 Å². The average Bonchev–Trinajstić information content (AvgIpc) is 2.42. The number of hydrogen-bond acceptors (Lipinski definition) is 7. The minimum absolute atomic E-state index is 0.0489. The van der Waals surface area contributed by atoms with Crippen LogP contribution in [0.1, 0.15) is 12.7 Å². The molecule has 0 aliphatic rings. The van der Waals surface area contributed by atoms with E-state index in [2.05, 4.69) is 20.7 Å². The first kappa shape index (κ1) is 15.1. The predicted molar refractivity (Wildman–Crippen MR) is 72.4 cm³/mol. The number of aromatic nitrogens is 2. The fraction of sp³-hybridized carbons (Fsp3) is 0.545. The molecule has 1 aromatic heterocycles. The van der Waals surface area contributed by atoms with Crippen molar-refractivity contribution in [2.45, 2.75) is 13.5 Å². The molecule has 0 spiro atoms. The maximum absolute atomic E-state index is 11.5. The highest BCUT2D eigenvalue weighted by atomic mass is 16.5. The number of hydrazine groups is 1. The Morgan fingerprint density at radius 1 is 1.42 bits per heavy atom. The second-order valence-electron chi connectivity index (χ2n) is 3.98. The molecule has 0 fully saturated rings. The third-order valence-corrected chi connectivity index (χ3v) is 2.28. The van der Waals surface area contributed by atoms with E-state index in [1.165, 1.54) is 4.90 Å². The van der Waals surface area contributed by atoms with Crippen molar-refractivity contribution >= 4 is 17.5 Å². The Hall–Kier alpha value is -1.93. The van der Waals surface area contributed by atoms with E-state index in [1.54, 1.807) is 20.2 Å². The third kappa shape index (κ3) is 5.06. The summed E-state index contributed by atoms with van der Waals surface area (Å²) in [4.78, 5) is 21.4. The molecule has 8 heteroatoms. The van der Waals surface area contributed by atoms with E-state index >= 15 is 0 Å². The number of nitrogen functional groups attached to an aromatic ring is 1. The number of nitrogens with one attached hydrogen (secondary N) is 2.